The molecule has 1 aromatic carbocycles. The smallest absolute Gasteiger partial charge is 0.247 e. The number of aromatic nitrogens is 6. The number of benzene rings is 1. The molecular weight excluding hydrogens is 430 g/mol. The summed E-state index contributed by atoms with van der Waals surface area (Å²) in [6.07, 6.45) is 3.80. The van der Waals surface area contributed by atoms with Crippen molar-refractivity contribution in [3.8, 4) is 5.69 Å². The maximum atomic E-state index is 10.3. The molecule has 4 atom stereocenters. The van der Waals surface area contributed by atoms with Gasteiger partial charge in [-0.05, 0) is 17.7 Å². The molecule has 0 bridgehead atoms. The molecule has 0 radical (unpaired) electrons. The van der Waals surface area contributed by atoms with Gasteiger partial charge in [0.05, 0.1) is 25.5 Å². The quantitative estimate of drug-likeness (QED) is 0.192. The zero-order chi connectivity index (χ0) is 22.9. The fourth-order valence-electron chi connectivity index (χ4n) is 3.59. The summed E-state index contributed by atoms with van der Waals surface area (Å²) in [6.45, 7) is -0.441. The number of nitrogens with one attached hydrogen (secondary N) is 1. The maximum absolute atomic E-state index is 10.3. The number of anilines is 2. The number of fused-ring (bicyclic) bond motifs is 1. The lowest BCUT2D eigenvalue weighted by molar-refractivity contribution is -0.0511. The highest BCUT2D eigenvalue weighted by Crippen LogP contribution is 2.32. The van der Waals surface area contributed by atoms with Crippen molar-refractivity contribution >= 4 is 29.1 Å². The van der Waals surface area contributed by atoms with Crippen LogP contribution in [-0.2, 0) is 4.74 Å². The Labute approximate surface area is 186 Å². The average molecular weight is 451 g/mol. The molecular formula is C20H21N9O4. The Morgan fingerprint density at radius 2 is 1.97 bits per heavy atom. The maximum Gasteiger partial charge on any atom is 0.247 e. The standard InChI is InChI=1S/C20H21N9O4/c21-17-14-18(29(10-23-14)19-16(32)15(31)13(8-30)33-19)26-20(25-17)27-24-7-11-1-3-12(4-2-11)28-6-5-22-9-28/h1-7,9-10,13,15-16,19,30-32H,8H2,(H3,21,25,26,27)/b24-7+. The predicted molar refractivity (Wildman–Crippen MR) is 118 cm³/mol. The minimum absolute atomic E-state index is 0.105. The monoisotopic (exact) mass is 451 g/mol. The van der Waals surface area contributed by atoms with Crippen LogP contribution in [0.4, 0.5) is 11.8 Å². The second-order valence-corrected chi connectivity index (χ2v) is 7.42. The number of hydrazone groups is 1. The van der Waals surface area contributed by atoms with E-state index in [1.807, 2.05) is 35.0 Å². The van der Waals surface area contributed by atoms with E-state index in [2.05, 4.69) is 30.5 Å². The first kappa shape index (κ1) is 21.0. The highest BCUT2D eigenvalue weighted by atomic mass is 16.6. The van der Waals surface area contributed by atoms with E-state index in [1.54, 1.807) is 18.7 Å². The van der Waals surface area contributed by atoms with Crippen molar-refractivity contribution in [3.63, 3.8) is 0 Å². The van der Waals surface area contributed by atoms with E-state index in [-0.39, 0.29) is 17.4 Å². The summed E-state index contributed by atoms with van der Waals surface area (Å²) < 4.78 is 8.88. The number of nitrogen functional groups attached to an aromatic ring is 1. The van der Waals surface area contributed by atoms with E-state index in [0.29, 0.717) is 5.52 Å². The predicted octanol–water partition coefficient (Wildman–Crippen LogP) is -0.348. The summed E-state index contributed by atoms with van der Waals surface area (Å²) in [7, 11) is 0. The topological polar surface area (TPSA) is 182 Å². The van der Waals surface area contributed by atoms with Gasteiger partial charge in [0.1, 0.15) is 23.8 Å². The Bertz CT molecular complexity index is 1270. The van der Waals surface area contributed by atoms with Crippen molar-refractivity contribution < 1.29 is 20.1 Å². The van der Waals surface area contributed by atoms with Gasteiger partial charge in [0.2, 0.25) is 5.95 Å². The van der Waals surface area contributed by atoms with Crippen LogP contribution >= 0.6 is 0 Å². The number of nitrogens with zero attached hydrogens (tertiary/aromatic N) is 7. The molecule has 0 saturated carbocycles. The van der Waals surface area contributed by atoms with Gasteiger partial charge in [-0.15, -0.1) is 0 Å². The van der Waals surface area contributed by atoms with Gasteiger partial charge in [0.25, 0.3) is 0 Å². The summed E-state index contributed by atoms with van der Waals surface area (Å²) in [4.78, 5) is 16.7. The lowest BCUT2D eigenvalue weighted by Crippen LogP contribution is -2.33. The number of ether oxygens (including phenoxy) is 1. The molecule has 1 fully saturated rings. The molecule has 13 nitrogen and oxygen atoms in total. The van der Waals surface area contributed by atoms with Crippen LogP contribution in [0.3, 0.4) is 0 Å². The summed E-state index contributed by atoms with van der Waals surface area (Å²) in [5, 5.41) is 33.9. The van der Waals surface area contributed by atoms with Crippen LogP contribution in [0.2, 0.25) is 0 Å². The SMILES string of the molecule is Nc1nc(N/N=C/c2ccc(-n3ccnc3)cc2)nc2c1ncn2C1OC(CO)C(O)C1O. The van der Waals surface area contributed by atoms with E-state index < -0.39 is 31.1 Å². The Morgan fingerprint density at radius 3 is 2.67 bits per heavy atom. The van der Waals surface area contributed by atoms with E-state index in [0.717, 1.165) is 11.3 Å². The molecule has 13 heteroatoms. The fourth-order valence-corrected chi connectivity index (χ4v) is 3.59. The molecule has 0 spiro atoms. The van der Waals surface area contributed by atoms with Crippen LogP contribution in [0, 0.1) is 0 Å². The number of aliphatic hydroxyl groups excluding tert-OH is 3. The Hall–Kier alpha value is -3.91. The van der Waals surface area contributed by atoms with Crippen molar-refractivity contribution in [2.45, 2.75) is 24.5 Å². The molecule has 1 saturated heterocycles. The summed E-state index contributed by atoms with van der Waals surface area (Å²) in [5.74, 6) is 0.215. The average Bonchev–Trinajstić information content (AvgIpc) is 3.55. The van der Waals surface area contributed by atoms with Gasteiger partial charge in [-0.3, -0.25) is 4.57 Å². The van der Waals surface area contributed by atoms with Gasteiger partial charge in [0, 0.05) is 18.1 Å². The third-order valence-electron chi connectivity index (χ3n) is 5.31. The highest BCUT2D eigenvalue weighted by Gasteiger charge is 2.44. The van der Waals surface area contributed by atoms with Crippen LogP contribution in [0.25, 0.3) is 16.9 Å². The first-order valence-corrected chi connectivity index (χ1v) is 10.0. The minimum Gasteiger partial charge on any atom is -0.394 e. The molecule has 3 aromatic heterocycles. The molecule has 33 heavy (non-hydrogen) atoms. The van der Waals surface area contributed by atoms with E-state index in [9.17, 15) is 15.3 Å². The van der Waals surface area contributed by atoms with Crippen molar-refractivity contribution in [1.29, 1.82) is 0 Å². The molecule has 170 valence electrons. The molecule has 1 aliphatic rings. The Balaban J connectivity index is 1.35. The molecule has 4 unspecified atom stereocenters. The van der Waals surface area contributed by atoms with Crippen LogP contribution < -0.4 is 11.2 Å². The third-order valence-corrected chi connectivity index (χ3v) is 5.31. The lowest BCUT2D eigenvalue weighted by Gasteiger charge is -2.16. The van der Waals surface area contributed by atoms with Crippen LogP contribution in [0.1, 0.15) is 11.8 Å². The second-order valence-electron chi connectivity index (χ2n) is 7.42. The zero-order valence-electron chi connectivity index (χ0n) is 17.2. The molecule has 4 aromatic rings. The third kappa shape index (κ3) is 3.89. The van der Waals surface area contributed by atoms with E-state index >= 15 is 0 Å². The fraction of sp³-hybridized carbons (Fsp3) is 0.250. The lowest BCUT2D eigenvalue weighted by atomic mass is 10.1. The van der Waals surface area contributed by atoms with Crippen LogP contribution in [-0.4, -0.2) is 75.5 Å². The number of nitrogens with two attached hydrogens (primary N) is 1. The van der Waals surface area contributed by atoms with E-state index in [1.165, 1.54) is 10.9 Å². The number of aliphatic hydroxyl groups is 3. The van der Waals surface area contributed by atoms with Gasteiger partial charge >= 0.3 is 0 Å². The van der Waals surface area contributed by atoms with Crippen molar-refractivity contribution in [3.05, 3.63) is 54.9 Å². The van der Waals surface area contributed by atoms with E-state index in [4.69, 9.17) is 10.5 Å². The molecule has 6 N–H and O–H groups in total. The molecule has 4 heterocycles. The van der Waals surface area contributed by atoms with Gasteiger partial charge < -0.3 is 30.4 Å². The summed E-state index contributed by atoms with van der Waals surface area (Å²) >= 11 is 0. The number of hydrogen-bond acceptors (Lipinski definition) is 11. The van der Waals surface area contributed by atoms with Gasteiger partial charge in [0.15, 0.2) is 17.7 Å². The van der Waals surface area contributed by atoms with Crippen molar-refractivity contribution in [2.75, 3.05) is 17.8 Å². The molecule has 5 rings (SSSR count). The Kier molecular flexibility index (Phi) is 5.43. The normalized spacial score (nSPS) is 23.0. The second kappa shape index (κ2) is 8.55. The van der Waals surface area contributed by atoms with Crippen LogP contribution in [0.5, 0.6) is 0 Å². The number of imidazole rings is 2. The van der Waals surface area contributed by atoms with Crippen LogP contribution in [0.15, 0.2) is 54.4 Å². The largest absolute Gasteiger partial charge is 0.394 e. The zero-order valence-corrected chi connectivity index (χ0v) is 17.2. The van der Waals surface area contributed by atoms with Gasteiger partial charge in [-0.25, -0.2) is 15.4 Å². The van der Waals surface area contributed by atoms with Gasteiger partial charge in [-0.2, -0.15) is 15.1 Å². The molecule has 1 aliphatic heterocycles. The summed E-state index contributed by atoms with van der Waals surface area (Å²) in [6, 6.07) is 7.66. The molecule has 0 aliphatic carbocycles. The summed E-state index contributed by atoms with van der Waals surface area (Å²) in [5.41, 5.74) is 11.1. The minimum atomic E-state index is -1.28. The number of hydrogen-bond donors (Lipinski definition) is 5. The number of rotatable bonds is 6. The van der Waals surface area contributed by atoms with Crippen molar-refractivity contribution in [1.82, 2.24) is 29.1 Å². The highest BCUT2D eigenvalue weighted by molar-refractivity contribution is 5.83. The van der Waals surface area contributed by atoms with Crippen molar-refractivity contribution in [2.24, 2.45) is 5.10 Å². The first-order chi connectivity index (χ1) is 16.0. The van der Waals surface area contributed by atoms with Gasteiger partial charge in [-0.1, -0.05) is 12.1 Å². The first-order valence-electron chi connectivity index (χ1n) is 10.0. The Morgan fingerprint density at radius 1 is 1.15 bits per heavy atom. The molecule has 0 amide bonds.